The molecule has 1 nitrogen and oxygen atoms in total. The maximum absolute atomic E-state index is 5.36. The van der Waals surface area contributed by atoms with Gasteiger partial charge < -0.3 is 4.74 Å². The zero-order valence-corrected chi connectivity index (χ0v) is 8.34. The Balaban J connectivity index is 1.81. The minimum atomic E-state index is 1.06. The molecule has 2 aromatic carbocycles. The highest BCUT2D eigenvalue weighted by molar-refractivity contribution is 5.23. The first-order chi connectivity index (χ1) is 7.45. The van der Waals surface area contributed by atoms with Crippen molar-refractivity contribution in [2.45, 2.75) is 0 Å². The van der Waals surface area contributed by atoms with Gasteiger partial charge in [-0.1, -0.05) is 60.7 Å². The summed E-state index contributed by atoms with van der Waals surface area (Å²) in [4.78, 5) is 0. The van der Waals surface area contributed by atoms with E-state index in [-0.39, 0.29) is 0 Å². The van der Waals surface area contributed by atoms with E-state index in [1.807, 2.05) is 60.7 Å². The molecule has 2 aromatic rings. The summed E-state index contributed by atoms with van der Waals surface area (Å²) in [5, 5.41) is 0. The van der Waals surface area contributed by atoms with E-state index in [9.17, 15) is 0 Å². The second-order valence-corrected chi connectivity index (χ2v) is 3.19. The Kier molecular flexibility index (Phi) is 3.53. The van der Waals surface area contributed by atoms with Crippen LogP contribution in [0.4, 0.5) is 0 Å². The van der Waals surface area contributed by atoms with Gasteiger partial charge in [-0.05, 0) is 11.1 Å². The zero-order valence-electron chi connectivity index (χ0n) is 8.34. The molecule has 0 unspecified atom stereocenters. The van der Waals surface area contributed by atoms with Crippen LogP contribution in [0.15, 0.2) is 60.7 Å². The van der Waals surface area contributed by atoms with E-state index in [0.717, 1.165) is 11.1 Å². The second-order valence-electron chi connectivity index (χ2n) is 3.19. The van der Waals surface area contributed by atoms with Gasteiger partial charge in [-0.25, -0.2) is 0 Å². The van der Waals surface area contributed by atoms with Gasteiger partial charge in [0, 0.05) is 0 Å². The van der Waals surface area contributed by atoms with Gasteiger partial charge in [-0.15, -0.1) is 0 Å². The predicted molar refractivity (Wildman–Crippen MR) is 60.8 cm³/mol. The number of benzene rings is 2. The quantitative estimate of drug-likeness (QED) is 0.728. The molecule has 0 amide bonds. The average molecular weight is 196 g/mol. The van der Waals surface area contributed by atoms with Gasteiger partial charge in [0.05, 0.1) is 0 Å². The molecule has 15 heavy (non-hydrogen) atoms. The van der Waals surface area contributed by atoms with E-state index in [0.29, 0.717) is 0 Å². The van der Waals surface area contributed by atoms with Gasteiger partial charge >= 0.3 is 0 Å². The van der Waals surface area contributed by atoms with E-state index < -0.39 is 0 Å². The van der Waals surface area contributed by atoms with Crippen molar-refractivity contribution in [1.82, 2.24) is 0 Å². The third-order valence-electron chi connectivity index (χ3n) is 2.01. The lowest BCUT2D eigenvalue weighted by molar-refractivity contribution is 0.307. The first-order valence-corrected chi connectivity index (χ1v) is 4.87. The molecular formula is C14H12O. The van der Waals surface area contributed by atoms with Crippen LogP contribution in [0.25, 0.3) is 0 Å². The van der Waals surface area contributed by atoms with Crippen molar-refractivity contribution >= 4 is 0 Å². The molecule has 2 rings (SSSR count). The van der Waals surface area contributed by atoms with Crippen LogP contribution >= 0.6 is 0 Å². The van der Waals surface area contributed by atoms with Crippen molar-refractivity contribution in [3.63, 3.8) is 0 Å². The summed E-state index contributed by atoms with van der Waals surface area (Å²) in [5.74, 6) is 0. The summed E-state index contributed by atoms with van der Waals surface area (Å²) in [5.41, 5.74) is 2.12. The summed E-state index contributed by atoms with van der Waals surface area (Å²) in [6.45, 7) is 3.46. The molecule has 1 heteroatoms. The number of rotatable bonds is 4. The topological polar surface area (TPSA) is 9.23 Å². The number of hydrogen-bond donors (Lipinski definition) is 0. The SMILES string of the molecule is [CH](O[CH]c1ccccc1)c1ccccc1. The van der Waals surface area contributed by atoms with Crippen LogP contribution < -0.4 is 0 Å². The monoisotopic (exact) mass is 196 g/mol. The zero-order chi connectivity index (χ0) is 10.3. The van der Waals surface area contributed by atoms with Gasteiger partial charge in [0.2, 0.25) is 0 Å². The van der Waals surface area contributed by atoms with E-state index in [4.69, 9.17) is 4.74 Å². The largest absolute Gasteiger partial charge is 0.359 e. The van der Waals surface area contributed by atoms with Crippen molar-refractivity contribution in [3.8, 4) is 0 Å². The fraction of sp³-hybridized carbons (Fsp3) is 0. The van der Waals surface area contributed by atoms with E-state index in [2.05, 4.69) is 0 Å². The van der Waals surface area contributed by atoms with Gasteiger partial charge in [-0.2, -0.15) is 0 Å². The van der Waals surface area contributed by atoms with Crippen molar-refractivity contribution in [1.29, 1.82) is 0 Å². The van der Waals surface area contributed by atoms with Crippen LogP contribution in [-0.2, 0) is 4.74 Å². The highest BCUT2D eigenvalue weighted by Crippen LogP contribution is 2.08. The normalized spacial score (nSPS) is 10.1. The molecule has 0 aromatic heterocycles. The molecule has 0 heterocycles. The third kappa shape index (κ3) is 3.22. The minimum Gasteiger partial charge on any atom is -0.359 e. The van der Waals surface area contributed by atoms with Crippen LogP contribution in [0.5, 0.6) is 0 Å². The summed E-state index contributed by atoms with van der Waals surface area (Å²) >= 11 is 0. The fourth-order valence-electron chi connectivity index (χ4n) is 1.25. The Morgan fingerprint density at radius 1 is 0.600 bits per heavy atom. The molecule has 0 aliphatic rings. The highest BCUT2D eigenvalue weighted by Gasteiger charge is 1.94. The van der Waals surface area contributed by atoms with E-state index in [1.54, 1.807) is 13.2 Å². The van der Waals surface area contributed by atoms with Crippen LogP contribution in [0.3, 0.4) is 0 Å². The number of ether oxygens (including phenoxy) is 1. The Bertz CT molecular complexity index is 341. The first kappa shape index (κ1) is 9.94. The molecule has 0 saturated heterocycles. The highest BCUT2D eigenvalue weighted by atomic mass is 16.5. The van der Waals surface area contributed by atoms with Crippen LogP contribution in [0, 0.1) is 13.2 Å². The molecule has 0 spiro atoms. The van der Waals surface area contributed by atoms with Gasteiger partial charge in [-0.3, -0.25) is 0 Å². The summed E-state index contributed by atoms with van der Waals surface area (Å²) in [6, 6.07) is 19.9. The fourth-order valence-corrected chi connectivity index (χ4v) is 1.25. The predicted octanol–water partition coefficient (Wildman–Crippen LogP) is 3.42. The molecule has 0 aliphatic heterocycles. The van der Waals surface area contributed by atoms with Crippen LogP contribution in [-0.4, -0.2) is 0 Å². The minimum absolute atomic E-state index is 1.06. The molecule has 0 saturated carbocycles. The first-order valence-electron chi connectivity index (χ1n) is 4.87. The number of hydrogen-bond acceptors (Lipinski definition) is 1. The maximum atomic E-state index is 5.36. The molecule has 0 aliphatic carbocycles. The van der Waals surface area contributed by atoms with Gasteiger partial charge in [0.15, 0.2) is 0 Å². The average Bonchev–Trinajstić information content (AvgIpc) is 2.32. The lowest BCUT2D eigenvalue weighted by Gasteiger charge is -2.02. The van der Waals surface area contributed by atoms with Crippen LogP contribution in [0.1, 0.15) is 11.1 Å². The van der Waals surface area contributed by atoms with Gasteiger partial charge in [0.1, 0.15) is 13.2 Å². The molecule has 0 atom stereocenters. The van der Waals surface area contributed by atoms with E-state index >= 15 is 0 Å². The second kappa shape index (κ2) is 5.32. The van der Waals surface area contributed by atoms with Gasteiger partial charge in [0.25, 0.3) is 0 Å². The molecule has 0 fully saturated rings. The standard InChI is InChI=1S/C14H12O/c1-3-7-13(8-4-1)11-15-12-14-9-5-2-6-10-14/h1-12H. The maximum Gasteiger partial charge on any atom is 0.114 e. The molecule has 0 N–H and O–H groups in total. The summed E-state index contributed by atoms with van der Waals surface area (Å²) in [6.07, 6.45) is 0. The van der Waals surface area contributed by atoms with Crippen molar-refractivity contribution < 1.29 is 4.74 Å². The summed E-state index contributed by atoms with van der Waals surface area (Å²) in [7, 11) is 0. The van der Waals surface area contributed by atoms with Crippen molar-refractivity contribution in [3.05, 3.63) is 85.0 Å². The van der Waals surface area contributed by atoms with Crippen molar-refractivity contribution in [2.24, 2.45) is 0 Å². The molecule has 0 bridgehead atoms. The molecule has 74 valence electrons. The lowest BCUT2D eigenvalue weighted by atomic mass is 10.2. The molecule has 2 radical (unpaired) electrons. The third-order valence-corrected chi connectivity index (χ3v) is 2.01. The lowest BCUT2D eigenvalue weighted by Crippen LogP contribution is -1.88. The molecular weight excluding hydrogens is 184 g/mol. The Hall–Kier alpha value is -1.60. The Morgan fingerprint density at radius 3 is 1.40 bits per heavy atom. The van der Waals surface area contributed by atoms with E-state index in [1.165, 1.54) is 0 Å². The van der Waals surface area contributed by atoms with Crippen molar-refractivity contribution in [2.75, 3.05) is 0 Å². The Labute approximate surface area is 90.3 Å². The smallest absolute Gasteiger partial charge is 0.114 e. The Morgan fingerprint density at radius 2 is 1.00 bits per heavy atom. The van der Waals surface area contributed by atoms with Crippen LogP contribution in [0.2, 0.25) is 0 Å². The summed E-state index contributed by atoms with van der Waals surface area (Å²) < 4.78 is 5.36.